The van der Waals surface area contributed by atoms with Crippen molar-refractivity contribution in [2.75, 3.05) is 18.9 Å². The quantitative estimate of drug-likeness (QED) is 0.670. The highest BCUT2D eigenvalue weighted by Crippen LogP contribution is 2.21. The number of oxazole rings is 1. The van der Waals surface area contributed by atoms with Gasteiger partial charge in [-0.1, -0.05) is 5.16 Å². The lowest BCUT2D eigenvalue weighted by molar-refractivity contribution is -0.133. The summed E-state index contributed by atoms with van der Waals surface area (Å²) >= 11 is 0. The number of aromatic nitrogens is 2. The van der Waals surface area contributed by atoms with E-state index in [9.17, 15) is 14.0 Å². The van der Waals surface area contributed by atoms with E-state index in [2.05, 4.69) is 15.5 Å². The normalized spacial score (nSPS) is 10.7. The van der Waals surface area contributed by atoms with Crippen molar-refractivity contribution in [1.29, 1.82) is 0 Å². The molecule has 28 heavy (non-hydrogen) atoms. The van der Waals surface area contributed by atoms with Gasteiger partial charge in [0.2, 0.25) is 11.8 Å². The van der Waals surface area contributed by atoms with Crippen LogP contribution >= 0.6 is 0 Å². The number of hydrogen-bond donors (Lipinski definition) is 1. The third-order valence-corrected chi connectivity index (χ3v) is 3.94. The summed E-state index contributed by atoms with van der Waals surface area (Å²) in [6.07, 6.45) is 1.95. The molecular weight excluding hydrogens is 367 g/mol. The summed E-state index contributed by atoms with van der Waals surface area (Å²) in [5.41, 5.74) is 0.698. The maximum Gasteiger partial charge on any atom is 0.245 e. The zero-order valence-corrected chi connectivity index (χ0v) is 15.4. The Kier molecular flexibility index (Phi) is 5.83. The summed E-state index contributed by atoms with van der Waals surface area (Å²) in [4.78, 5) is 29.6. The summed E-state index contributed by atoms with van der Waals surface area (Å²) in [6, 6.07) is 7.44. The Bertz CT molecular complexity index is 964. The maximum absolute atomic E-state index is 13.0. The zero-order valence-electron chi connectivity index (χ0n) is 15.4. The van der Waals surface area contributed by atoms with Gasteiger partial charge in [0.05, 0.1) is 12.7 Å². The highest BCUT2D eigenvalue weighted by Gasteiger charge is 2.16. The fourth-order valence-electron chi connectivity index (χ4n) is 2.49. The number of likely N-dealkylation sites (N-methyl/N-ethyl adjacent to an activating group) is 1. The topological polar surface area (TPSA) is 101 Å². The van der Waals surface area contributed by atoms with E-state index in [1.54, 1.807) is 25.1 Å². The second-order valence-corrected chi connectivity index (χ2v) is 6.25. The van der Waals surface area contributed by atoms with Gasteiger partial charge in [0.1, 0.15) is 11.6 Å². The highest BCUT2D eigenvalue weighted by molar-refractivity contribution is 5.93. The molecule has 0 aliphatic heterocycles. The number of anilines is 1. The summed E-state index contributed by atoms with van der Waals surface area (Å²) in [6.45, 7) is 1.60. The number of amides is 2. The van der Waals surface area contributed by atoms with Crippen LogP contribution in [0.1, 0.15) is 18.1 Å². The van der Waals surface area contributed by atoms with Crippen LogP contribution in [0.2, 0.25) is 0 Å². The second kappa shape index (κ2) is 8.47. The Balaban J connectivity index is 1.48. The third kappa shape index (κ3) is 5.03. The number of hydrogen-bond acceptors (Lipinski definition) is 6. The van der Waals surface area contributed by atoms with E-state index in [1.807, 2.05) is 0 Å². The van der Waals surface area contributed by atoms with Crippen molar-refractivity contribution < 1.29 is 22.9 Å². The van der Waals surface area contributed by atoms with Crippen LogP contribution in [-0.2, 0) is 16.0 Å². The summed E-state index contributed by atoms with van der Waals surface area (Å²) in [5, 5.41) is 6.22. The third-order valence-electron chi connectivity index (χ3n) is 3.94. The molecule has 3 aromatic rings. The molecule has 0 atom stereocenters. The fourth-order valence-corrected chi connectivity index (χ4v) is 2.49. The largest absolute Gasteiger partial charge is 0.441 e. The minimum atomic E-state index is -0.376. The number of carbonyl (C=O) groups is 2. The molecule has 0 radical (unpaired) electrons. The molecule has 2 aromatic heterocycles. The summed E-state index contributed by atoms with van der Waals surface area (Å²) < 4.78 is 23.4. The van der Waals surface area contributed by atoms with Gasteiger partial charge < -0.3 is 19.2 Å². The molecule has 0 aliphatic carbocycles. The first-order valence-corrected chi connectivity index (χ1v) is 8.58. The van der Waals surface area contributed by atoms with Crippen LogP contribution in [0.4, 0.5) is 10.2 Å². The molecule has 0 saturated heterocycles. The average Bonchev–Trinajstić information content (AvgIpc) is 3.29. The van der Waals surface area contributed by atoms with Crippen LogP contribution < -0.4 is 5.32 Å². The molecule has 0 bridgehead atoms. The zero-order chi connectivity index (χ0) is 20.1. The van der Waals surface area contributed by atoms with Crippen molar-refractivity contribution in [1.82, 2.24) is 15.0 Å². The number of carbonyl (C=O) groups excluding carboxylic acids is 2. The summed E-state index contributed by atoms with van der Waals surface area (Å²) in [7, 11) is 1.54. The first-order valence-electron chi connectivity index (χ1n) is 8.58. The highest BCUT2D eigenvalue weighted by atomic mass is 19.1. The van der Waals surface area contributed by atoms with Gasteiger partial charge in [-0.15, -0.1) is 0 Å². The molecular formula is C19H19FN4O4. The smallest absolute Gasteiger partial charge is 0.245 e. The maximum atomic E-state index is 13.0. The van der Waals surface area contributed by atoms with E-state index in [0.29, 0.717) is 28.8 Å². The Morgan fingerprint density at radius 1 is 1.25 bits per heavy atom. The molecule has 2 amide bonds. The van der Waals surface area contributed by atoms with Gasteiger partial charge in [-0.05, 0) is 31.2 Å². The molecule has 0 spiro atoms. The predicted molar refractivity (Wildman–Crippen MR) is 97.7 cm³/mol. The van der Waals surface area contributed by atoms with E-state index in [4.69, 9.17) is 8.94 Å². The number of nitrogens with zero attached hydrogens (tertiary/aromatic N) is 3. The van der Waals surface area contributed by atoms with Gasteiger partial charge in [0.25, 0.3) is 0 Å². The molecule has 8 nitrogen and oxygen atoms in total. The second-order valence-electron chi connectivity index (χ2n) is 6.25. The Labute approximate surface area is 160 Å². The van der Waals surface area contributed by atoms with E-state index >= 15 is 0 Å². The molecule has 0 fully saturated rings. The van der Waals surface area contributed by atoms with Gasteiger partial charge in [0.15, 0.2) is 17.5 Å². The Hall–Kier alpha value is -3.49. The van der Waals surface area contributed by atoms with E-state index in [-0.39, 0.29) is 37.0 Å². The van der Waals surface area contributed by atoms with Crippen LogP contribution in [0.5, 0.6) is 0 Å². The van der Waals surface area contributed by atoms with E-state index in [0.717, 1.165) is 0 Å². The molecule has 2 heterocycles. The van der Waals surface area contributed by atoms with Crippen molar-refractivity contribution >= 4 is 17.6 Å². The first kappa shape index (κ1) is 19.3. The molecule has 1 N–H and O–H groups in total. The molecule has 146 valence electrons. The van der Waals surface area contributed by atoms with Crippen LogP contribution in [0.25, 0.3) is 11.3 Å². The standard InChI is InChI=1S/C19H19FN4O4/c1-12-9-16(23-28-12)22-17(25)11-24(2)19(26)8-7-18-21-10-15(27-18)13-3-5-14(20)6-4-13/h3-6,9-10H,7-8,11H2,1-2H3,(H,22,23,25). The average molecular weight is 386 g/mol. The Morgan fingerprint density at radius 3 is 2.68 bits per heavy atom. The van der Waals surface area contributed by atoms with E-state index < -0.39 is 0 Å². The van der Waals surface area contributed by atoms with Gasteiger partial charge in [0, 0.05) is 31.5 Å². The van der Waals surface area contributed by atoms with Gasteiger partial charge in [-0.3, -0.25) is 9.59 Å². The van der Waals surface area contributed by atoms with Crippen molar-refractivity contribution in [3.05, 3.63) is 54.0 Å². The van der Waals surface area contributed by atoms with Crippen LogP contribution in [0, 0.1) is 12.7 Å². The van der Waals surface area contributed by atoms with Crippen molar-refractivity contribution in [3.8, 4) is 11.3 Å². The number of halogens is 1. The first-order chi connectivity index (χ1) is 13.4. The lowest BCUT2D eigenvalue weighted by Crippen LogP contribution is -2.35. The minimum Gasteiger partial charge on any atom is -0.441 e. The minimum absolute atomic E-state index is 0.114. The molecule has 3 rings (SSSR count). The molecule has 0 unspecified atom stereocenters. The van der Waals surface area contributed by atoms with Crippen LogP contribution in [-0.4, -0.2) is 40.4 Å². The van der Waals surface area contributed by atoms with Gasteiger partial charge in [-0.25, -0.2) is 9.37 Å². The number of benzene rings is 1. The predicted octanol–water partition coefficient (Wildman–Crippen LogP) is 2.81. The Morgan fingerprint density at radius 2 is 2.00 bits per heavy atom. The van der Waals surface area contributed by atoms with Crippen molar-refractivity contribution in [2.24, 2.45) is 0 Å². The van der Waals surface area contributed by atoms with Crippen molar-refractivity contribution in [2.45, 2.75) is 19.8 Å². The van der Waals surface area contributed by atoms with Gasteiger partial charge >= 0.3 is 0 Å². The number of rotatable bonds is 7. The fraction of sp³-hybridized carbons (Fsp3) is 0.263. The molecule has 0 saturated carbocycles. The van der Waals surface area contributed by atoms with E-state index in [1.165, 1.54) is 30.3 Å². The lowest BCUT2D eigenvalue weighted by Gasteiger charge is -2.15. The molecule has 9 heteroatoms. The lowest BCUT2D eigenvalue weighted by atomic mass is 10.2. The number of aryl methyl sites for hydroxylation is 2. The van der Waals surface area contributed by atoms with Crippen molar-refractivity contribution in [3.63, 3.8) is 0 Å². The SMILES string of the molecule is Cc1cc(NC(=O)CN(C)C(=O)CCc2ncc(-c3ccc(F)cc3)o2)no1. The number of nitrogens with one attached hydrogen (secondary N) is 1. The summed E-state index contributed by atoms with van der Waals surface area (Å²) in [5.74, 6) is 0.829. The molecule has 0 aliphatic rings. The molecule has 1 aromatic carbocycles. The monoisotopic (exact) mass is 386 g/mol. The van der Waals surface area contributed by atoms with Crippen LogP contribution in [0.3, 0.4) is 0 Å². The van der Waals surface area contributed by atoms with Crippen LogP contribution in [0.15, 0.2) is 45.5 Å². The van der Waals surface area contributed by atoms with Gasteiger partial charge in [-0.2, -0.15) is 0 Å².